The first-order chi connectivity index (χ1) is 8.72. The summed E-state index contributed by atoms with van der Waals surface area (Å²) in [6, 6.07) is 2.07. The lowest BCUT2D eigenvalue weighted by atomic mass is 10.4. The number of nitrogens with two attached hydrogens (primary N) is 1. The average Bonchev–Trinajstić information content (AvgIpc) is 2.94. The number of H-pyrrole nitrogens is 1. The van der Waals surface area contributed by atoms with Crippen molar-refractivity contribution in [3.8, 4) is 5.88 Å². The van der Waals surface area contributed by atoms with E-state index in [4.69, 9.17) is 10.5 Å². The van der Waals surface area contributed by atoms with Gasteiger partial charge in [-0.1, -0.05) is 0 Å². The molecule has 0 radical (unpaired) electrons. The molecule has 0 aliphatic rings. The third kappa shape index (κ3) is 2.25. The lowest BCUT2D eigenvalue weighted by Gasteiger charge is -2.04. The molecule has 0 aliphatic heterocycles. The van der Waals surface area contributed by atoms with Crippen molar-refractivity contribution in [3.05, 3.63) is 26.2 Å². The maximum atomic E-state index is 5.66. The first-order valence-electron chi connectivity index (χ1n) is 5.04. The first-order valence-corrected chi connectivity index (χ1v) is 7.00. The largest absolute Gasteiger partial charge is 0.471 e. The lowest BCUT2D eigenvalue weighted by molar-refractivity contribution is 0.298. The van der Waals surface area contributed by atoms with Gasteiger partial charge in [0, 0.05) is 5.56 Å². The van der Waals surface area contributed by atoms with Crippen LogP contribution in [0.1, 0.15) is 5.56 Å². The van der Waals surface area contributed by atoms with Crippen molar-refractivity contribution in [3.63, 3.8) is 0 Å². The van der Waals surface area contributed by atoms with Gasteiger partial charge in [-0.15, -0.1) is 11.3 Å². The van der Waals surface area contributed by atoms with Gasteiger partial charge in [0.15, 0.2) is 5.65 Å². The molecule has 3 rings (SSSR count). The fraction of sp³-hybridized carbons (Fsp3) is 0.100. The molecule has 3 heterocycles. The minimum atomic E-state index is 0.157. The molecule has 0 unspecified atom stereocenters. The molecule has 0 atom stereocenters. The minimum Gasteiger partial charge on any atom is -0.471 e. The second-order valence-corrected chi connectivity index (χ2v) is 6.34. The van der Waals surface area contributed by atoms with Crippen molar-refractivity contribution in [2.45, 2.75) is 6.61 Å². The number of imidazole rings is 1. The number of nitrogens with one attached hydrogen (secondary N) is 1. The molecule has 6 nitrogen and oxygen atoms in total. The van der Waals surface area contributed by atoms with Crippen LogP contribution in [0.3, 0.4) is 0 Å². The van der Waals surface area contributed by atoms with E-state index in [1.165, 1.54) is 2.88 Å². The fourth-order valence-electron chi connectivity index (χ4n) is 1.50. The van der Waals surface area contributed by atoms with Crippen LogP contribution in [0.15, 0.2) is 17.8 Å². The zero-order valence-electron chi connectivity index (χ0n) is 9.05. The standard InChI is InChI=1S/C10H8IN5OS/c11-6-1-5(3-18-6)2-17-9-7-8(14-4-13-7)15-10(12)16-9/h1,3-4H,2H2,(H3,12,13,14,15,16). The molecule has 0 aromatic carbocycles. The number of thiophene rings is 1. The smallest absolute Gasteiger partial charge is 0.245 e. The molecule has 3 aromatic rings. The highest BCUT2D eigenvalue weighted by atomic mass is 127. The Kier molecular flexibility index (Phi) is 3.04. The van der Waals surface area contributed by atoms with Gasteiger partial charge in [-0.25, -0.2) is 4.98 Å². The van der Waals surface area contributed by atoms with E-state index in [-0.39, 0.29) is 5.95 Å². The highest BCUT2D eigenvalue weighted by molar-refractivity contribution is 14.1. The van der Waals surface area contributed by atoms with Gasteiger partial charge in [-0.05, 0) is 34.0 Å². The molecule has 18 heavy (non-hydrogen) atoms. The molecule has 0 spiro atoms. The van der Waals surface area contributed by atoms with Crippen LogP contribution in [0.5, 0.6) is 5.88 Å². The van der Waals surface area contributed by atoms with Gasteiger partial charge >= 0.3 is 0 Å². The highest BCUT2D eigenvalue weighted by Crippen LogP contribution is 2.22. The van der Waals surface area contributed by atoms with Gasteiger partial charge in [-0.2, -0.15) is 9.97 Å². The molecular formula is C10H8IN5OS. The topological polar surface area (TPSA) is 89.7 Å². The zero-order chi connectivity index (χ0) is 12.5. The minimum absolute atomic E-state index is 0.157. The summed E-state index contributed by atoms with van der Waals surface area (Å²) in [7, 11) is 0. The van der Waals surface area contributed by atoms with Gasteiger partial charge < -0.3 is 15.5 Å². The molecule has 0 bridgehead atoms. The van der Waals surface area contributed by atoms with Gasteiger partial charge in [0.25, 0.3) is 0 Å². The van der Waals surface area contributed by atoms with E-state index >= 15 is 0 Å². The second kappa shape index (κ2) is 4.69. The number of aromatic amines is 1. The summed E-state index contributed by atoms with van der Waals surface area (Å²) in [6.07, 6.45) is 1.54. The SMILES string of the molecule is Nc1nc(OCc2csc(I)c2)c2[nH]cnc2n1. The summed E-state index contributed by atoms with van der Waals surface area (Å²) in [5, 5.41) is 2.05. The zero-order valence-corrected chi connectivity index (χ0v) is 12.0. The van der Waals surface area contributed by atoms with Crippen LogP contribution >= 0.6 is 33.9 Å². The number of fused-ring (bicyclic) bond motifs is 1. The Morgan fingerprint density at radius 1 is 1.44 bits per heavy atom. The van der Waals surface area contributed by atoms with E-state index in [1.54, 1.807) is 17.7 Å². The number of anilines is 1. The molecule has 0 amide bonds. The fourth-order valence-corrected chi connectivity index (χ4v) is 2.90. The lowest BCUT2D eigenvalue weighted by Crippen LogP contribution is -2.01. The number of ether oxygens (including phenoxy) is 1. The molecule has 8 heteroatoms. The number of rotatable bonds is 3. The van der Waals surface area contributed by atoms with E-state index in [0.717, 1.165) is 5.56 Å². The Morgan fingerprint density at radius 2 is 2.33 bits per heavy atom. The van der Waals surface area contributed by atoms with Crippen LogP contribution in [0.4, 0.5) is 5.95 Å². The molecule has 0 saturated heterocycles. The summed E-state index contributed by atoms with van der Waals surface area (Å²) in [6.45, 7) is 0.448. The van der Waals surface area contributed by atoms with Crippen molar-refractivity contribution in [1.82, 2.24) is 19.9 Å². The number of nitrogen functional groups attached to an aromatic ring is 1. The number of halogens is 1. The van der Waals surface area contributed by atoms with E-state index in [1.807, 2.05) is 0 Å². The molecular weight excluding hydrogens is 365 g/mol. The Labute approximate surface area is 120 Å². The third-order valence-electron chi connectivity index (χ3n) is 2.27. The molecule has 3 N–H and O–H groups in total. The average molecular weight is 373 g/mol. The van der Waals surface area contributed by atoms with Gasteiger partial charge in [0.1, 0.15) is 12.1 Å². The van der Waals surface area contributed by atoms with E-state index in [0.29, 0.717) is 23.7 Å². The number of aromatic nitrogens is 4. The Morgan fingerprint density at radius 3 is 3.11 bits per heavy atom. The molecule has 3 aromatic heterocycles. The summed E-state index contributed by atoms with van der Waals surface area (Å²) in [5.41, 5.74) is 7.88. The van der Waals surface area contributed by atoms with Crippen molar-refractivity contribution >= 4 is 51.0 Å². The van der Waals surface area contributed by atoms with Crippen molar-refractivity contribution in [2.75, 3.05) is 5.73 Å². The Balaban J connectivity index is 1.87. The van der Waals surface area contributed by atoms with Crippen LogP contribution in [0, 0.1) is 2.88 Å². The van der Waals surface area contributed by atoms with Crippen molar-refractivity contribution in [2.24, 2.45) is 0 Å². The second-order valence-electron chi connectivity index (χ2n) is 3.54. The molecule has 92 valence electrons. The number of nitrogens with zero attached hydrogens (tertiary/aromatic N) is 3. The monoisotopic (exact) mass is 373 g/mol. The van der Waals surface area contributed by atoms with Crippen LogP contribution in [0.25, 0.3) is 11.2 Å². The van der Waals surface area contributed by atoms with Crippen LogP contribution < -0.4 is 10.5 Å². The first kappa shape index (κ1) is 11.7. The van der Waals surface area contributed by atoms with Crippen LogP contribution in [-0.4, -0.2) is 19.9 Å². The summed E-state index contributed by atoms with van der Waals surface area (Å²) in [5.74, 6) is 0.584. The predicted molar refractivity (Wildman–Crippen MR) is 77.5 cm³/mol. The van der Waals surface area contributed by atoms with Gasteiger partial charge in [0.05, 0.1) is 9.21 Å². The highest BCUT2D eigenvalue weighted by Gasteiger charge is 2.10. The maximum Gasteiger partial charge on any atom is 0.245 e. The quantitative estimate of drug-likeness (QED) is 0.687. The van der Waals surface area contributed by atoms with E-state index in [9.17, 15) is 0 Å². The van der Waals surface area contributed by atoms with Crippen LogP contribution in [-0.2, 0) is 6.61 Å². The van der Waals surface area contributed by atoms with Crippen LogP contribution in [0.2, 0.25) is 0 Å². The van der Waals surface area contributed by atoms with E-state index < -0.39 is 0 Å². The normalized spacial score (nSPS) is 10.9. The molecule has 0 saturated carbocycles. The van der Waals surface area contributed by atoms with Crippen molar-refractivity contribution in [1.29, 1.82) is 0 Å². The molecule has 0 fully saturated rings. The summed E-state index contributed by atoms with van der Waals surface area (Å²) in [4.78, 5) is 15.0. The van der Waals surface area contributed by atoms with E-state index in [2.05, 4.69) is 54.0 Å². The van der Waals surface area contributed by atoms with Gasteiger partial charge in [0.2, 0.25) is 11.8 Å². The third-order valence-corrected chi connectivity index (χ3v) is 4.10. The number of hydrogen-bond donors (Lipinski definition) is 2. The summed E-state index contributed by atoms with van der Waals surface area (Å²) < 4.78 is 6.88. The summed E-state index contributed by atoms with van der Waals surface area (Å²) >= 11 is 3.95. The maximum absolute atomic E-state index is 5.66. The Bertz CT molecular complexity index is 694. The molecule has 0 aliphatic carbocycles. The predicted octanol–water partition coefficient (Wildman–Crippen LogP) is 2.18. The Hall–Kier alpha value is -1.42. The van der Waals surface area contributed by atoms with Crippen molar-refractivity contribution < 1.29 is 4.74 Å². The number of hydrogen-bond acceptors (Lipinski definition) is 6. The van der Waals surface area contributed by atoms with Gasteiger partial charge in [-0.3, -0.25) is 0 Å².